The number of thioether (sulfide) groups is 1. The maximum Gasteiger partial charge on any atom is 0.230 e. The number of H-pyrrole nitrogens is 1. The number of rotatable bonds is 8. The highest BCUT2D eigenvalue weighted by molar-refractivity contribution is 7.99. The van der Waals surface area contributed by atoms with E-state index in [1.807, 2.05) is 42.5 Å². The number of nitrogens with zero attached hydrogens (tertiary/aromatic N) is 3. The van der Waals surface area contributed by atoms with Crippen LogP contribution in [0.15, 0.2) is 35.5 Å². The number of nitrogens with one attached hydrogen (secondary N) is 2. The van der Waals surface area contributed by atoms with Gasteiger partial charge in [-0.1, -0.05) is 67.4 Å². The molecule has 1 saturated carbocycles. The Morgan fingerprint density at radius 3 is 2.71 bits per heavy atom. The predicted molar refractivity (Wildman–Crippen MR) is 124 cm³/mol. The van der Waals surface area contributed by atoms with E-state index in [1.165, 1.54) is 31.0 Å². The SMILES string of the molecule is O=C(CSc1n[nH]c(/C=C/c2ccccc2)n1)NCC1(N2CCOCC2)CCCCC1. The van der Waals surface area contributed by atoms with Gasteiger partial charge in [-0.15, -0.1) is 5.10 Å². The number of carbonyl (C=O) groups excluding carboxylic acids is 1. The minimum atomic E-state index is 0.0365. The summed E-state index contributed by atoms with van der Waals surface area (Å²) in [5.41, 5.74) is 1.19. The Kier molecular flexibility index (Phi) is 7.77. The lowest BCUT2D eigenvalue weighted by Gasteiger charge is -2.48. The lowest BCUT2D eigenvalue weighted by molar-refractivity contribution is -0.119. The van der Waals surface area contributed by atoms with E-state index in [0.29, 0.717) is 23.3 Å². The van der Waals surface area contributed by atoms with Gasteiger partial charge >= 0.3 is 0 Å². The van der Waals surface area contributed by atoms with E-state index in [0.717, 1.165) is 44.7 Å². The number of morpholine rings is 1. The number of hydrogen-bond donors (Lipinski definition) is 2. The van der Waals surface area contributed by atoms with Gasteiger partial charge in [-0.05, 0) is 24.5 Å². The number of aromatic nitrogens is 3. The zero-order chi connectivity index (χ0) is 21.4. The Morgan fingerprint density at radius 2 is 1.94 bits per heavy atom. The van der Waals surface area contributed by atoms with Crippen LogP contribution in [-0.2, 0) is 9.53 Å². The quantitative estimate of drug-likeness (QED) is 0.612. The van der Waals surface area contributed by atoms with Gasteiger partial charge in [0.05, 0.1) is 19.0 Å². The third-order valence-electron chi connectivity index (χ3n) is 6.13. The van der Waals surface area contributed by atoms with Crippen molar-refractivity contribution in [1.29, 1.82) is 0 Å². The molecule has 1 saturated heterocycles. The van der Waals surface area contributed by atoms with Crippen molar-refractivity contribution in [1.82, 2.24) is 25.4 Å². The highest BCUT2D eigenvalue weighted by atomic mass is 32.2. The van der Waals surface area contributed by atoms with E-state index in [9.17, 15) is 4.79 Å². The molecule has 2 aromatic rings. The van der Waals surface area contributed by atoms with Crippen LogP contribution in [0.1, 0.15) is 43.5 Å². The highest BCUT2D eigenvalue weighted by Gasteiger charge is 2.38. The molecule has 31 heavy (non-hydrogen) atoms. The monoisotopic (exact) mass is 441 g/mol. The molecule has 8 heteroatoms. The zero-order valence-corrected chi connectivity index (χ0v) is 18.7. The second-order valence-corrected chi connectivity index (χ2v) is 9.14. The van der Waals surface area contributed by atoms with Gasteiger partial charge in [0.1, 0.15) is 5.82 Å². The van der Waals surface area contributed by atoms with Crippen molar-refractivity contribution < 1.29 is 9.53 Å². The number of hydrogen-bond acceptors (Lipinski definition) is 6. The molecule has 2 aliphatic rings. The number of carbonyl (C=O) groups is 1. The molecule has 1 aromatic carbocycles. The minimum absolute atomic E-state index is 0.0365. The lowest BCUT2D eigenvalue weighted by atomic mass is 9.79. The van der Waals surface area contributed by atoms with Crippen molar-refractivity contribution in [3.8, 4) is 0 Å². The van der Waals surface area contributed by atoms with Crippen LogP contribution >= 0.6 is 11.8 Å². The van der Waals surface area contributed by atoms with Crippen molar-refractivity contribution in [3.05, 3.63) is 41.7 Å². The predicted octanol–water partition coefficient (Wildman–Crippen LogP) is 3.22. The first-order valence-electron chi connectivity index (χ1n) is 11.1. The average Bonchev–Trinajstić information content (AvgIpc) is 3.30. The summed E-state index contributed by atoms with van der Waals surface area (Å²) >= 11 is 1.36. The molecule has 7 nitrogen and oxygen atoms in total. The van der Waals surface area contributed by atoms with Gasteiger partial charge in [-0.3, -0.25) is 14.8 Å². The van der Waals surface area contributed by atoms with Crippen molar-refractivity contribution in [2.45, 2.75) is 42.8 Å². The summed E-state index contributed by atoms with van der Waals surface area (Å²) in [7, 11) is 0. The summed E-state index contributed by atoms with van der Waals surface area (Å²) in [6.07, 6.45) is 9.94. The van der Waals surface area contributed by atoms with Crippen LogP contribution in [0.3, 0.4) is 0 Å². The van der Waals surface area contributed by atoms with Crippen LogP contribution in [0.25, 0.3) is 12.2 Å². The first-order valence-corrected chi connectivity index (χ1v) is 12.1. The van der Waals surface area contributed by atoms with Crippen LogP contribution in [0.4, 0.5) is 0 Å². The number of aromatic amines is 1. The van der Waals surface area contributed by atoms with Crippen molar-refractivity contribution >= 4 is 29.8 Å². The molecular formula is C23H31N5O2S. The minimum Gasteiger partial charge on any atom is -0.379 e. The molecule has 2 N–H and O–H groups in total. The molecule has 0 atom stereocenters. The van der Waals surface area contributed by atoms with Crippen LogP contribution < -0.4 is 5.32 Å². The second kappa shape index (κ2) is 10.9. The van der Waals surface area contributed by atoms with Gasteiger partial charge in [-0.2, -0.15) is 0 Å². The molecule has 4 rings (SSSR count). The Balaban J connectivity index is 1.26. The van der Waals surface area contributed by atoms with E-state index in [4.69, 9.17) is 4.74 Å². The Labute approximate surface area is 188 Å². The van der Waals surface area contributed by atoms with Crippen LogP contribution in [-0.4, -0.2) is 70.1 Å². The van der Waals surface area contributed by atoms with E-state index in [-0.39, 0.29) is 11.4 Å². The molecule has 0 bridgehead atoms. The van der Waals surface area contributed by atoms with Crippen molar-refractivity contribution in [3.63, 3.8) is 0 Å². The molecule has 2 heterocycles. The fourth-order valence-electron chi connectivity index (χ4n) is 4.43. The molecule has 1 aliphatic carbocycles. The number of benzene rings is 1. The topological polar surface area (TPSA) is 83.1 Å². The molecule has 166 valence electrons. The highest BCUT2D eigenvalue weighted by Crippen LogP contribution is 2.33. The zero-order valence-electron chi connectivity index (χ0n) is 17.9. The smallest absolute Gasteiger partial charge is 0.230 e. The van der Waals surface area contributed by atoms with Gasteiger partial charge < -0.3 is 10.1 Å². The number of ether oxygens (including phenoxy) is 1. The second-order valence-electron chi connectivity index (χ2n) is 8.20. The largest absolute Gasteiger partial charge is 0.379 e. The fourth-order valence-corrected chi connectivity index (χ4v) is 5.07. The third-order valence-corrected chi connectivity index (χ3v) is 6.98. The van der Waals surface area contributed by atoms with Gasteiger partial charge in [-0.25, -0.2) is 4.98 Å². The molecule has 0 radical (unpaired) electrons. The fraction of sp³-hybridized carbons (Fsp3) is 0.522. The summed E-state index contributed by atoms with van der Waals surface area (Å²) in [4.78, 5) is 19.5. The van der Waals surface area contributed by atoms with Gasteiger partial charge in [0.15, 0.2) is 0 Å². The molecular weight excluding hydrogens is 410 g/mol. The Bertz CT molecular complexity index is 858. The van der Waals surface area contributed by atoms with E-state index < -0.39 is 0 Å². The van der Waals surface area contributed by atoms with Gasteiger partial charge in [0, 0.05) is 25.2 Å². The van der Waals surface area contributed by atoms with E-state index in [2.05, 4.69) is 25.4 Å². The van der Waals surface area contributed by atoms with Crippen LogP contribution in [0.5, 0.6) is 0 Å². The van der Waals surface area contributed by atoms with Crippen molar-refractivity contribution in [2.24, 2.45) is 0 Å². The first-order chi connectivity index (χ1) is 15.2. The van der Waals surface area contributed by atoms with Crippen LogP contribution in [0.2, 0.25) is 0 Å². The maximum absolute atomic E-state index is 12.5. The normalized spacial score (nSPS) is 19.5. The molecule has 1 amide bonds. The molecule has 1 aromatic heterocycles. The number of amides is 1. The Hall–Kier alpha value is -2.16. The lowest BCUT2D eigenvalue weighted by Crippen LogP contribution is -2.59. The summed E-state index contributed by atoms with van der Waals surface area (Å²) in [5, 5.41) is 10.9. The third kappa shape index (κ3) is 6.18. The molecule has 2 fully saturated rings. The maximum atomic E-state index is 12.5. The standard InChI is InChI=1S/C23H31N5O2S/c29-21(24-18-23(11-5-2-6-12-23)28-13-15-30-16-14-28)17-31-22-25-20(26-27-22)10-9-19-7-3-1-4-8-19/h1,3-4,7-10H,2,5-6,11-18H2,(H,24,29)(H,25,26,27)/b10-9+. The molecule has 0 spiro atoms. The summed E-state index contributed by atoms with van der Waals surface area (Å²) in [6.45, 7) is 4.21. The molecule has 0 unspecified atom stereocenters. The van der Waals surface area contributed by atoms with E-state index in [1.54, 1.807) is 0 Å². The van der Waals surface area contributed by atoms with Crippen molar-refractivity contribution in [2.75, 3.05) is 38.6 Å². The van der Waals surface area contributed by atoms with Gasteiger partial charge in [0.25, 0.3) is 0 Å². The molecule has 1 aliphatic heterocycles. The summed E-state index contributed by atoms with van der Waals surface area (Å²) in [5.74, 6) is 1.04. The van der Waals surface area contributed by atoms with Crippen LogP contribution in [0, 0.1) is 0 Å². The van der Waals surface area contributed by atoms with Gasteiger partial charge in [0.2, 0.25) is 11.1 Å². The average molecular weight is 442 g/mol. The van der Waals surface area contributed by atoms with E-state index >= 15 is 0 Å². The Morgan fingerprint density at radius 1 is 1.16 bits per heavy atom. The summed E-state index contributed by atoms with van der Waals surface area (Å²) < 4.78 is 5.54. The first kappa shape index (κ1) is 22.0. The summed E-state index contributed by atoms with van der Waals surface area (Å²) in [6, 6.07) is 10.0.